The minimum absolute atomic E-state index is 0.676. The van der Waals surface area contributed by atoms with E-state index in [0.717, 1.165) is 11.8 Å². The van der Waals surface area contributed by atoms with Crippen molar-refractivity contribution in [2.24, 2.45) is 4.99 Å². The molecule has 0 amide bonds. The molecule has 2 nitrogen and oxygen atoms in total. The van der Waals surface area contributed by atoms with E-state index in [1.165, 1.54) is 30.2 Å². The quantitative estimate of drug-likeness (QED) is 0.826. The minimum Gasteiger partial charge on any atom is -0.362 e. The summed E-state index contributed by atoms with van der Waals surface area (Å²) in [5.41, 5.74) is 0. The molecule has 0 aromatic carbocycles. The van der Waals surface area contributed by atoms with Crippen molar-refractivity contribution in [2.45, 2.75) is 49.7 Å². The molecule has 0 saturated heterocycles. The third-order valence-corrected chi connectivity index (χ3v) is 5.17. The Kier molecular flexibility index (Phi) is 4.26. The summed E-state index contributed by atoms with van der Waals surface area (Å²) < 4.78 is 0. The van der Waals surface area contributed by atoms with Crippen LogP contribution in [-0.2, 0) is 0 Å². The van der Waals surface area contributed by atoms with Crippen LogP contribution in [-0.4, -0.2) is 34.0 Å². The second-order valence-corrected chi connectivity index (χ2v) is 7.31. The summed E-state index contributed by atoms with van der Waals surface area (Å²) in [6, 6.07) is 0.686. The molecule has 0 aromatic heterocycles. The molecular formula is C11H20N2S2. The van der Waals surface area contributed by atoms with Gasteiger partial charge in [0.25, 0.3) is 0 Å². The van der Waals surface area contributed by atoms with E-state index >= 15 is 0 Å². The summed E-state index contributed by atoms with van der Waals surface area (Å²) in [5.74, 6) is 1.25. The predicted octanol–water partition coefficient (Wildman–Crippen LogP) is 2.74. The fourth-order valence-electron chi connectivity index (χ4n) is 2.19. The highest BCUT2D eigenvalue weighted by molar-refractivity contribution is 8.14. The molecule has 2 rings (SSSR count). The molecule has 1 aliphatic carbocycles. The molecule has 0 bridgehead atoms. The lowest BCUT2D eigenvalue weighted by molar-refractivity contribution is 0.636. The van der Waals surface area contributed by atoms with Crippen molar-refractivity contribution in [1.29, 1.82) is 0 Å². The molecule has 2 aliphatic rings. The van der Waals surface area contributed by atoms with Crippen molar-refractivity contribution >= 4 is 28.7 Å². The highest BCUT2D eigenvalue weighted by Crippen LogP contribution is 2.30. The molecule has 86 valence electrons. The topological polar surface area (TPSA) is 24.4 Å². The fraction of sp³-hybridized carbons (Fsp3) is 0.909. The summed E-state index contributed by atoms with van der Waals surface area (Å²) in [6.07, 6.45) is 4.03. The number of amidine groups is 1. The Hall–Kier alpha value is 0.170. The number of aliphatic imine (C=N–C) groups is 1. The van der Waals surface area contributed by atoms with Gasteiger partial charge in [-0.1, -0.05) is 25.6 Å². The summed E-state index contributed by atoms with van der Waals surface area (Å²) in [4.78, 5) is 4.51. The Labute approximate surface area is 101 Å². The molecule has 0 aromatic rings. The second kappa shape index (κ2) is 5.48. The second-order valence-electron chi connectivity index (χ2n) is 4.31. The van der Waals surface area contributed by atoms with Gasteiger partial charge in [0.15, 0.2) is 5.17 Å². The number of thioether (sulfide) groups is 2. The minimum atomic E-state index is 0.676. The van der Waals surface area contributed by atoms with Crippen LogP contribution < -0.4 is 5.32 Å². The van der Waals surface area contributed by atoms with E-state index in [4.69, 9.17) is 0 Å². The first-order valence-electron chi connectivity index (χ1n) is 5.87. The monoisotopic (exact) mass is 244 g/mol. The van der Waals surface area contributed by atoms with Crippen LogP contribution in [0.25, 0.3) is 0 Å². The molecule has 0 spiro atoms. The van der Waals surface area contributed by atoms with Gasteiger partial charge in [0, 0.05) is 16.5 Å². The molecule has 1 heterocycles. The van der Waals surface area contributed by atoms with Crippen LogP contribution in [0.15, 0.2) is 4.99 Å². The molecule has 1 saturated carbocycles. The third-order valence-electron chi connectivity index (χ3n) is 2.92. The molecule has 15 heavy (non-hydrogen) atoms. The van der Waals surface area contributed by atoms with Crippen molar-refractivity contribution in [3.05, 3.63) is 0 Å². The zero-order valence-electron chi connectivity index (χ0n) is 9.53. The standard InChI is InChI=1S/C11H20N2S2/c1-3-14-10-5-4-9(6-10)13-11-12-7-8(2)15-11/h8-10H,3-7H2,1-2H3,(H,12,13). The largest absolute Gasteiger partial charge is 0.362 e. The van der Waals surface area contributed by atoms with Gasteiger partial charge in [0.2, 0.25) is 0 Å². The van der Waals surface area contributed by atoms with E-state index in [9.17, 15) is 0 Å². The van der Waals surface area contributed by atoms with Gasteiger partial charge in [0.05, 0.1) is 6.54 Å². The van der Waals surface area contributed by atoms with Crippen molar-refractivity contribution in [3.63, 3.8) is 0 Å². The van der Waals surface area contributed by atoms with Crippen molar-refractivity contribution < 1.29 is 0 Å². The Morgan fingerprint density at radius 3 is 3.07 bits per heavy atom. The maximum Gasteiger partial charge on any atom is 0.157 e. The van der Waals surface area contributed by atoms with Gasteiger partial charge >= 0.3 is 0 Å². The zero-order valence-corrected chi connectivity index (χ0v) is 11.2. The molecule has 4 heteroatoms. The van der Waals surface area contributed by atoms with Gasteiger partial charge in [-0.3, -0.25) is 4.99 Å². The summed E-state index contributed by atoms with van der Waals surface area (Å²) in [5, 5.41) is 6.35. The number of hydrogen-bond donors (Lipinski definition) is 1. The van der Waals surface area contributed by atoms with Crippen molar-refractivity contribution in [3.8, 4) is 0 Å². The average molecular weight is 244 g/mol. The smallest absolute Gasteiger partial charge is 0.157 e. The molecule has 1 N–H and O–H groups in total. The van der Waals surface area contributed by atoms with Gasteiger partial charge < -0.3 is 5.32 Å². The van der Waals surface area contributed by atoms with Crippen LogP contribution in [0, 0.1) is 0 Å². The van der Waals surface area contributed by atoms with Crippen LogP contribution >= 0.6 is 23.5 Å². The Morgan fingerprint density at radius 1 is 1.53 bits per heavy atom. The van der Waals surface area contributed by atoms with Gasteiger partial charge in [-0.05, 0) is 25.0 Å². The van der Waals surface area contributed by atoms with E-state index in [1.807, 2.05) is 11.8 Å². The Balaban J connectivity index is 1.73. The first-order valence-corrected chi connectivity index (χ1v) is 7.80. The molecular weight excluding hydrogens is 224 g/mol. The third kappa shape index (κ3) is 3.31. The number of nitrogens with zero attached hydrogens (tertiary/aromatic N) is 1. The summed E-state index contributed by atoms with van der Waals surface area (Å²) in [6.45, 7) is 5.49. The molecule has 3 atom stereocenters. The van der Waals surface area contributed by atoms with Crippen LogP contribution in [0.3, 0.4) is 0 Å². The van der Waals surface area contributed by atoms with Crippen LogP contribution in [0.4, 0.5) is 0 Å². The lowest BCUT2D eigenvalue weighted by atomic mass is 10.3. The van der Waals surface area contributed by atoms with Crippen LogP contribution in [0.5, 0.6) is 0 Å². The average Bonchev–Trinajstić information content (AvgIpc) is 2.78. The van der Waals surface area contributed by atoms with Crippen LogP contribution in [0.2, 0.25) is 0 Å². The predicted molar refractivity (Wildman–Crippen MR) is 72.0 cm³/mol. The van der Waals surface area contributed by atoms with E-state index in [0.29, 0.717) is 11.3 Å². The molecule has 1 fully saturated rings. The van der Waals surface area contributed by atoms with E-state index in [-0.39, 0.29) is 0 Å². The normalized spacial score (nSPS) is 35.6. The maximum atomic E-state index is 4.51. The van der Waals surface area contributed by atoms with Gasteiger partial charge in [0.1, 0.15) is 0 Å². The van der Waals surface area contributed by atoms with E-state index in [2.05, 4.69) is 35.9 Å². The SMILES string of the molecule is CCSC1CCC(NC2=NCC(C)S2)C1. The number of nitrogens with one attached hydrogen (secondary N) is 1. The lowest BCUT2D eigenvalue weighted by Gasteiger charge is -2.13. The van der Waals surface area contributed by atoms with E-state index < -0.39 is 0 Å². The molecule has 0 radical (unpaired) electrons. The number of rotatable bonds is 3. The first kappa shape index (κ1) is 11.6. The molecule has 1 aliphatic heterocycles. The van der Waals surface area contributed by atoms with Gasteiger partial charge in [-0.25, -0.2) is 0 Å². The number of hydrogen-bond acceptors (Lipinski definition) is 4. The highest BCUT2D eigenvalue weighted by atomic mass is 32.2. The first-order chi connectivity index (χ1) is 7.28. The van der Waals surface area contributed by atoms with Gasteiger partial charge in [-0.15, -0.1) is 0 Å². The van der Waals surface area contributed by atoms with Crippen LogP contribution in [0.1, 0.15) is 33.1 Å². The van der Waals surface area contributed by atoms with Crippen molar-refractivity contribution in [2.75, 3.05) is 12.3 Å². The zero-order chi connectivity index (χ0) is 10.7. The van der Waals surface area contributed by atoms with E-state index in [1.54, 1.807) is 0 Å². The maximum absolute atomic E-state index is 4.51. The van der Waals surface area contributed by atoms with Gasteiger partial charge in [-0.2, -0.15) is 11.8 Å². The molecule has 3 unspecified atom stereocenters. The summed E-state index contributed by atoms with van der Waals surface area (Å²) >= 11 is 4.01. The fourth-order valence-corrected chi connectivity index (χ4v) is 4.25. The highest BCUT2D eigenvalue weighted by Gasteiger charge is 2.26. The van der Waals surface area contributed by atoms with Crippen molar-refractivity contribution in [1.82, 2.24) is 5.32 Å². The lowest BCUT2D eigenvalue weighted by Crippen LogP contribution is -2.30. The Morgan fingerprint density at radius 2 is 2.40 bits per heavy atom. The Bertz CT molecular complexity index is 243. The summed E-state index contributed by atoms with van der Waals surface area (Å²) in [7, 11) is 0.